The van der Waals surface area contributed by atoms with Gasteiger partial charge in [0, 0.05) is 6.04 Å². The number of carbonyl (C=O) groups is 1. The van der Waals surface area contributed by atoms with E-state index in [4.69, 9.17) is 4.74 Å². The maximum atomic E-state index is 13.3. The van der Waals surface area contributed by atoms with E-state index < -0.39 is 16.1 Å². The molecule has 1 aliphatic carbocycles. The Morgan fingerprint density at radius 1 is 1.20 bits per heavy atom. The molecule has 1 saturated heterocycles. The summed E-state index contributed by atoms with van der Waals surface area (Å²) in [5.41, 5.74) is 0. The van der Waals surface area contributed by atoms with E-state index in [1.165, 1.54) is 4.31 Å². The van der Waals surface area contributed by atoms with Crippen LogP contribution in [0.5, 0.6) is 0 Å². The number of rotatable bonds is 6. The number of carbonyl (C=O) groups excluding carboxylic acids is 1. The average Bonchev–Trinajstić information content (AvgIpc) is 3.03. The van der Waals surface area contributed by atoms with Gasteiger partial charge in [-0.15, -0.1) is 0 Å². The third-order valence-corrected chi connectivity index (χ3v) is 7.31. The predicted octanol–water partition coefficient (Wildman–Crippen LogP) is 3.35. The second-order valence-corrected chi connectivity index (χ2v) is 8.88. The zero-order valence-electron chi connectivity index (χ0n) is 14.8. The van der Waals surface area contributed by atoms with Gasteiger partial charge in [-0.05, 0) is 43.7 Å². The Kier molecular flexibility index (Phi) is 5.79. The molecule has 3 rings (SSSR count). The van der Waals surface area contributed by atoms with Crippen LogP contribution in [-0.4, -0.2) is 37.4 Å². The lowest BCUT2D eigenvalue weighted by molar-refractivity contribution is -0.147. The molecule has 0 radical (unpaired) electrons. The lowest BCUT2D eigenvalue weighted by Crippen LogP contribution is -2.46. The van der Waals surface area contributed by atoms with Gasteiger partial charge in [0.1, 0.15) is 6.04 Å². The van der Waals surface area contributed by atoms with E-state index in [1.54, 1.807) is 30.3 Å². The van der Waals surface area contributed by atoms with Crippen LogP contribution in [0, 0.1) is 5.92 Å². The number of hydrogen-bond acceptors (Lipinski definition) is 4. The summed E-state index contributed by atoms with van der Waals surface area (Å²) in [6, 6.07) is 7.67. The lowest BCUT2D eigenvalue weighted by Gasteiger charge is -2.32. The summed E-state index contributed by atoms with van der Waals surface area (Å²) in [6.07, 6.45) is 6.27. The van der Waals surface area contributed by atoms with Gasteiger partial charge in [0.25, 0.3) is 0 Å². The first kappa shape index (κ1) is 18.4. The second kappa shape index (κ2) is 7.87. The van der Waals surface area contributed by atoms with Crippen molar-refractivity contribution in [3.8, 4) is 0 Å². The maximum absolute atomic E-state index is 13.3. The van der Waals surface area contributed by atoms with E-state index in [2.05, 4.69) is 0 Å². The fourth-order valence-electron chi connectivity index (χ4n) is 4.09. The van der Waals surface area contributed by atoms with Crippen LogP contribution in [0.2, 0.25) is 0 Å². The highest BCUT2D eigenvalue weighted by molar-refractivity contribution is 7.89. The Balaban J connectivity index is 1.89. The second-order valence-electron chi connectivity index (χ2n) is 7.03. The number of ether oxygens (including phenoxy) is 1. The largest absolute Gasteiger partial charge is 0.464 e. The van der Waals surface area contributed by atoms with E-state index >= 15 is 0 Å². The molecule has 1 aliphatic heterocycles. The number of hydrogen-bond donors (Lipinski definition) is 0. The molecule has 0 spiro atoms. The van der Waals surface area contributed by atoms with Crippen LogP contribution in [0.4, 0.5) is 0 Å². The maximum Gasteiger partial charge on any atom is 0.324 e. The molecule has 0 aromatic heterocycles. The summed E-state index contributed by atoms with van der Waals surface area (Å²) in [6.45, 7) is 2.39. The van der Waals surface area contributed by atoms with Crippen molar-refractivity contribution in [2.24, 2.45) is 5.92 Å². The molecule has 25 heavy (non-hydrogen) atoms. The van der Waals surface area contributed by atoms with Gasteiger partial charge in [-0.2, -0.15) is 4.31 Å². The van der Waals surface area contributed by atoms with Gasteiger partial charge in [0.15, 0.2) is 0 Å². The van der Waals surface area contributed by atoms with Crippen molar-refractivity contribution in [2.75, 3.05) is 6.61 Å². The summed E-state index contributed by atoms with van der Waals surface area (Å²) in [4.78, 5) is 12.9. The summed E-state index contributed by atoms with van der Waals surface area (Å²) in [7, 11) is -3.70. The fourth-order valence-corrected chi connectivity index (χ4v) is 5.98. The molecule has 1 heterocycles. The van der Waals surface area contributed by atoms with Crippen LogP contribution in [0.15, 0.2) is 35.2 Å². The minimum Gasteiger partial charge on any atom is -0.464 e. The summed E-state index contributed by atoms with van der Waals surface area (Å²) in [5, 5.41) is 0. The Morgan fingerprint density at radius 2 is 1.92 bits per heavy atom. The molecule has 1 aromatic carbocycles. The Hall–Kier alpha value is -1.40. The molecule has 0 unspecified atom stereocenters. The van der Waals surface area contributed by atoms with Gasteiger partial charge in [0.05, 0.1) is 11.5 Å². The van der Waals surface area contributed by atoms with Gasteiger partial charge in [-0.3, -0.25) is 4.79 Å². The molecule has 6 heteroatoms. The number of nitrogens with zero attached hydrogens (tertiary/aromatic N) is 1. The van der Waals surface area contributed by atoms with Gasteiger partial charge < -0.3 is 4.74 Å². The number of fused-ring (bicyclic) bond motifs is 1. The highest BCUT2D eigenvalue weighted by Gasteiger charge is 2.51. The van der Waals surface area contributed by atoms with Crippen LogP contribution in [0.25, 0.3) is 0 Å². The predicted molar refractivity (Wildman–Crippen MR) is 95.5 cm³/mol. The molecule has 0 bridgehead atoms. The summed E-state index contributed by atoms with van der Waals surface area (Å²) in [5.74, 6) is -0.127. The van der Waals surface area contributed by atoms with E-state index in [1.807, 2.05) is 6.92 Å². The highest BCUT2D eigenvalue weighted by atomic mass is 32.2. The number of sulfonamides is 1. The van der Waals surface area contributed by atoms with Crippen molar-refractivity contribution < 1.29 is 17.9 Å². The third kappa shape index (κ3) is 3.75. The van der Waals surface area contributed by atoms with Crippen LogP contribution in [-0.2, 0) is 19.6 Å². The van der Waals surface area contributed by atoms with Crippen LogP contribution in [0.1, 0.15) is 51.9 Å². The Morgan fingerprint density at radius 3 is 2.64 bits per heavy atom. The first-order valence-corrected chi connectivity index (χ1v) is 10.7. The molecule has 0 N–H and O–H groups in total. The third-order valence-electron chi connectivity index (χ3n) is 5.36. The zero-order chi connectivity index (χ0) is 17.9. The van der Waals surface area contributed by atoms with Gasteiger partial charge in [-0.25, -0.2) is 8.42 Å². The quantitative estimate of drug-likeness (QED) is 0.573. The van der Waals surface area contributed by atoms with E-state index in [0.717, 1.165) is 38.5 Å². The standard InChI is InChI=1S/C19H27NO4S/c1-2-3-13-24-19(21)18-14-15-9-7-8-12-17(15)20(18)25(22,23)16-10-5-4-6-11-16/h4-6,10-11,15,17-18H,2-3,7-9,12-14H2,1H3/t15-,17-,18-/m0/s1. The molecule has 1 saturated carbocycles. The van der Waals surface area contributed by atoms with Crippen molar-refractivity contribution in [2.45, 2.75) is 68.8 Å². The smallest absolute Gasteiger partial charge is 0.324 e. The molecule has 2 fully saturated rings. The number of benzene rings is 1. The molecule has 138 valence electrons. The number of esters is 1. The first-order chi connectivity index (χ1) is 12.1. The molecular formula is C19H27NO4S. The molecule has 1 aromatic rings. The topological polar surface area (TPSA) is 63.7 Å². The summed E-state index contributed by atoms with van der Waals surface area (Å²) >= 11 is 0. The van der Waals surface area contributed by atoms with Crippen molar-refractivity contribution in [3.63, 3.8) is 0 Å². The lowest BCUT2D eigenvalue weighted by atomic mass is 9.85. The SMILES string of the molecule is CCCCOC(=O)[C@@H]1C[C@@H]2CCCC[C@@H]2N1S(=O)(=O)c1ccccc1. The van der Waals surface area contributed by atoms with E-state index in [-0.39, 0.29) is 22.8 Å². The van der Waals surface area contributed by atoms with Crippen molar-refractivity contribution in [3.05, 3.63) is 30.3 Å². The zero-order valence-corrected chi connectivity index (χ0v) is 15.6. The fraction of sp³-hybridized carbons (Fsp3) is 0.632. The van der Waals surface area contributed by atoms with E-state index in [0.29, 0.717) is 13.0 Å². The Bertz CT molecular complexity index is 689. The van der Waals surface area contributed by atoms with Crippen molar-refractivity contribution in [1.29, 1.82) is 0 Å². The number of unbranched alkanes of at least 4 members (excludes halogenated alkanes) is 1. The molecule has 3 atom stereocenters. The normalized spacial score (nSPS) is 27.0. The minimum atomic E-state index is -3.70. The minimum absolute atomic E-state index is 0.0809. The highest BCUT2D eigenvalue weighted by Crippen LogP contribution is 2.43. The summed E-state index contributed by atoms with van der Waals surface area (Å²) < 4.78 is 33.4. The van der Waals surface area contributed by atoms with Crippen LogP contribution in [0.3, 0.4) is 0 Å². The molecule has 2 aliphatic rings. The van der Waals surface area contributed by atoms with Gasteiger partial charge in [0.2, 0.25) is 10.0 Å². The Labute approximate surface area is 150 Å². The monoisotopic (exact) mass is 365 g/mol. The molecular weight excluding hydrogens is 338 g/mol. The first-order valence-electron chi connectivity index (χ1n) is 9.31. The van der Waals surface area contributed by atoms with Crippen LogP contribution < -0.4 is 0 Å². The van der Waals surface area contributed by atoms with Gasteiger partial charge >= 0.3 is 5.97 Å². The average molecular weight is 365 g/mol. The molecule has 0 amide bonds. The molecule has 5 nitrogen and oxygen atoms in total. The van der Waals surface area contributed by atoms with Crippen molar-refractivity contribution in [1.82, 2.24) is 4.31 Å². The van der Waals surface area contributed by atoms with Crippen LogP contribution >= 0.6 is 0 Å². The van der Waals surface area contributed by atoms with Gasteiger partial charge in [-0.1, -0.05) is 44.4 Å². The van der Waals surface area contributed by atoms with E-state index in [9.17, 15) is 13.2 Å². The van der Waals surface area contributed by atoms with Crippen molar-refractivity contribution >= 4 is 16.0 Å².